The Hall–Kier alpha value is -1.09. The van der Waals surface area contributed by atoms with Gasteiger partial charge in [-0.25, -0.2) is 0 Å². The van der Waals surface area contributed by atoms with Crippen molar-refractivity contribution in [2.24, 2.45) is 17.8 Å². The molecule has 0 bridgehead atoms. The second-order valence-corrected chi connectivity index (χ2v) is 29.5. The zero-order valence-corrected chi connectivity index (χ0v) is 30.7. The SMILES string of the molecule is CC(C)CC[Si](C)(C)O[Si](C)(CCC(C)C)O[Si](C)(O[Si](C)(C)CCC(CC(=O)O)CC(=O)O)c1ccccc1. The van der Waals surface area contributed by atoms with Gasteiger partial charge in [-0.1, -0.05) is 64.4 Å². The van der Waals surface area contributed by atoms with E-state index in [0.717, 1.165) is 30.1 Å². The smallest absolute Gasteiger partial charge is 0.350 e. The van der Waals surface area contributed by atoms with E-state index < -0.39 is 51.6 Å². The first-order chi connectivity index (χ1) is 18.3. The molecule has 0 amide bonds. The predicted octanol–water partition coefficient (Wildman–Crippen LogP) is 7.55. The molecule has 0 heterocycles. The Bertz CT molecular complexity index is 910. The van der Waals surface area contributed by atoms with Crippen LogP contribution in [0.5, 0.6) is 0 Å². The molecule has 0 aliphatic rings. The minimum absolute atomic E-state index is 0.148. The summed E-state index contributed by atoms with van der Waals surface area (Å²) in [5.41, 5.74) is 0. The first-order valence-corrected chi connectivity index (χ1v) is 25.9. The number of aliphatic carboxylic acids is 2. The maximum Gasteiger partial charge on any atom is 0.350 e. The highest BCUT2D eigenvalue weighted by Crippen LogP contribution is 2.33. The first-order valence-electron chi connectivity index (χ1n) is 14.9. The van der Waals surface area contributed by atoms with Crippen molar-refractivity contribution in [3.8, 4) is 0 Å². The number of carboxylic acid groups (broad SMARTS) is 2. The summed E-state index contributed by atoms with van der Waals surface area (Å²) in [5.74, 6) is -1.18. The van der Waals surface area contributed by atoms with Crippen LogP contribution in [-0.2, 0) is 21.9 Å². The molecule has 1 aromatic carbocycles. The molecule has 0 aromatic heterocycles. The minimum Gasteiger partial charge on any atom is -0.481 e. The van der Waals surface area contributed by atoms with Gasteiger partial charge in [-0.05, 0) is 93.2 Å². The standard InChI is InChI=1S/C29H56O7Si4/c1-24(2)16-19-37(5,6)34-39(9,21-17-25(3)4)36-40(10,27-14-12-11-13-15-27)35-38(7,8)20-18-26(22-28(30)31)23-29(32)33/h11-15,24-26H,16-23H2,1-10H3,(H,30,31)(H,32,33). The van der Waals surface area contributed by atoms with Crippen molar-refractivity contribution >= 4 is 50.9 Å². The van der Waals surface area contributed by atoms with Crippen molar-refractivity contribution < 1.29 is 32.1 Å². The lowest BCUT2D eigenvalue weighted by Crippen LogP contribution is -2.64. The number of rotatable bonds is 20. The molecule has 0 spiro atoms. The van der Waals surface area contributed by atoms with Crippen LogP contribution in [0.15, 0.2) is 30.3 Å². The van der Waals surface area contributed by atoms with Crippen LogP contribution in [0, 0.1) is 17.8 Å². The van der Waals surface area contributed by atoms with Crippen molar-refractivity contribution in [1.29, 1.82) is 0 Å². The van der Waals surface area contributed by atoms with Gasteiger partial charge >= 0.3 is 29.1 Å². The van der Waals surface area contributed by atoms with Crippen LogP contribution in [0.4, 0.5) is 0 Å². The molecule has 2 N–H and O–H groups in total. The van der Waals surface area contributed by atoms with E-state index in [1.807, 2.05) is 18.2 Å². The Balaban J connectivity index is 3.33. The van der Waals surface area contributed by atoms with E-state index in [1.165, 1.54) is 0 Å². The Morgan fingerprint density at radius 1 is 0.675 bits per heavy atom. The van der Waals surface area contributed by atoms with Gasteiger partial charge in [-0.15, -0.1) is 0 Å². The van der Waals surface area contributed by atoms with E-state index in [0.29, 0.717) is 24.3 Å². The van der Waals surface area contributed by atoms with Gasteiger partial charge in [0.1, 0.15) is 0 Å². The molecule has 0 saturated heterocycles. The lowest BCUT2D eigenvalue weighted by molar-refractivity contribution is -0.140. The van der Waals surface area contributed by atoms with Gasteiger partial charge in [0.25, 0.3) is 0 Å². The molecular formula is C29H56O7Si4. The summed E-state index contributed by atoms with van der Waals surface area (Å²) >= 11 is 0. The van der Waals surface area contributed by atoms with Crippen molar-refractivity contribution in [2.75, 3.05) is 0 Å². The highest BCUT2D eigenvalue weighted by Gasteiger charge is 2.49. The Morgan fingerprint density at radius 2 is 1.12 bits per heavy atom. The van der Waals surface area contributed by atoms with E-state index in [1.54, 1.807) is 0 Å². The van der Waals surface area contributed by atoms with Crippen LogP contribution in [0.25, 0.3) is 0 Å². The topological polar surface area (TPSA) is 102 Å². The van der Waals surface area contributed by atoms with Crippen molar-refractivity contribution in [3.63, 3.8) is 0 Å². The Morgan fingerprint density at radius 3 is 1.60 bits per heavy atom. The average molecular weight is 629 g/mol. The summed E-state index contributed by atoms with van der Waals surface area (Å²) in [5, 5.41) is 19.7. The molecule has 2 unspecified atom stereocenters. The monoisotopic (exact) mass is 628 g/mol. The molecule has 11 heteroatoms. The zero-order chi connectivity index (χ0) is 30.8. The summed E-state index contributed by atoms with van der Waals surface area (Å²) in [6.45, 7) is 22.2. The molecule has 0 radical (unpaired) electrons. The second-order valence-electron chi connectivity index (χ2n) is 13.7. The largest absolute Gasteiger partial charge is 0.481 e. The molecule has 0 saturated carbocycles. The number of hydrogen-bond acceptors (Lipinski definition) is 5. The highest BCUT2D eigenvalue weighted by atomic mass is 28.5. The summed E-state index contributed by atoms with van der Waals surface area (Å²) in [6.07, 6.45) is 2.38. The molecular weight excluding hydrogens is 573 g/mol. The molecule has 40 heavy (non-hydrogen) atoms. The van der Waals surface area contributed by atoms with Crippen LogP contribution in [-0.4, -0.2) is 55.9 Å². The summed E-state index contributed by atoms with van der Waals surface area (Å²) in [6, 6.07) is 12.9. The fraction of sp³-hybridized carbons (Fsp3) is 0.724. The van der Waals surface area contributed by atoms with Crippen LogP contribution < -0.4 is 5.19 Å². The summed E-state index contributed by atoms with van der Waals surface area (Å²) in [4.78, 5) is 22.7. The third-order valence-electron chi connectivity index (χ3n) is 7.25. The Labute approximate surface area is 247 Å². The fourth-order valence-corrected chi connectivity index (χ4v) is 25.3. The van der Waals surface area contributed by atoms with Gasteiger partial charge in [0, 0.05) is 12.8 Å². The maximum absolute atomic E-state index is 11.4. The lowest BCUT2D eigenvalue weighted by atomic mass is 9.99. The van der Waals surface area contributed by atoms with Crippen LogP contribution in [0.3, 0.4) is 0 Å². The quantitative estimate of drug-likeness (QED) is 0.144. The van der Waals surface area contributed by atoms with Gasteiger partial charge in [0.2, 0.25) is 0 Å². The molecule has 7 nitrogen and oxygen atoms in total. The van der Waals surface area contributed by atoms with Gasteiger partial charge in [-0.3, -0.25) is 9.59 Å². The third kappa shape index (κ3) is 14.7. The van der Waals surface area contributed by atoms with Crippen LogP contribution in [0.1, 0.15) is 59.8 Å². The lowest BCUT2D eigenvalue weighted by Gasteiger charge is -2.44. The normalized spacial score (nSPS) is 15.8. The third-order valence-corrected chi connectivity index (χ3v) is 23.8. The van der Waals surface area contributed by atoms with Gasteiger partial charge in [-0.2, -0.15) is 0 Å². The molecule has 1 aromatic rings. The van der Waals surface area contributed by atoms with Gasteiger partial charge in [0.15, 0.2) is 16.6 Å². The summed E-state index contributed by atoms with van der Waals surface area (Å²) < 4.78 is 21.5. The fourth-order valence-electron chi connectivity index (χ4n) is 5.14. The van der Waals surface area contributed by atoms with Gasteiger partial charge < -0.3 is 22.6 Å². The molecule has 1 rings (SSSR count). The second kappa shape index (κ2) is 15.9. The van der Waals surface area contributed by atoms with Crippen LogP contribution >= 0.6 is 0 Å². The van der Waals surface area contributed by atoms with Crippen molar-refractivity contribution in [3.05, 3.63) is 30.3 Å². The molecule has 0 fully saturated rings. The van der Waals surface area contributed by atoms with E-state index in [4.69, 9.17) is 12.3 Å². The number of benzene rings is 1. The minimum atomic E-state index is -2.96. The van der Waals surface area contributed by atoms with E-state index in [-0.39, 0.29) is 12.8 Å². The molecule has 0 aliphatic heterocycles. The van der Waals surface area contributed by atoms with E-state index in [2.05, 4.69) is 79.1 Å². The zero-order valence-electron chi connectivity index (χ0n) is 26.7. The van der Waals surface area contributed by atoms with E-state index >= 15 is 0 Å². The first kappa shape index (κ1) is 36.9. The predicted molar refractivity (Wildman–Crippen MR) is 173 cm³/mol. The molecule has 2 atom stereocenters. The van der Waals surface area contributed by atoms with Gasteiger partial charge in [0.05, 0.1) is 0 Å². The molecule has 0 aliphatic carbocycles. The van der Waals surface area contributed by atoms with Crippen molar-refractivity contribution in [1.82, 2.24) is 0 Å². The molecule has 230 valence electrons. The van der Waals surface area contributed by atoms with Crippen molar-refractivity contribution in [2.45, 2.75) is 117 Å². The number of carboxylic acids is 2. The van der Waals surface area contributed by atoms with E-state index in [9.17, 15) is 19.8 Å². The Kier molecular flexibility index (Phi) is 14.7. The highest BCUT2D eigenvalue weighted by molar-refractivity contribution is 6.95. The van der Waals surface area contributed by atoms with Crippen LogP contribution in [0.2, 0.25) is 57.4 Å². The number of hydrogen-bond donors (Lipinski definition) is 2. The average Bonchev–Trinajstić information content (AvgIpc) is 2.79. The summed E-state index contributed by atoms with van der Waals surface area (Å²) in [7, 11) is -10.0. The maximum atomic E-state index is 11.4. The number of carbonyl (C=O) groups is 2.